The van der Waals surface area contributed by atoms with Crippen LogP contribution in [0, 0.1) is 0 Å². The number of hydrogen-bond acceptors (Lipinski definition) is 23. The first kappa shape index (κ1) is 43.2. The second-order valence-corrected chi connectivity index (χ2v) is 13.9. The van der Waals surface area contributed by atoms with Gasteiger partial charge in [-0.2, -0.15) is 0 Å². The minimum Gasteiger partial charge on any atom is -0.394 e. The normalized spacial score (nSPS) is 55.5. The largest absolute Gasteiger partial charge is 0.394 e. The first-order valence-electron chi connectivity index (χ1n) is 17.2. The summed E-state index contributed by atoms with van der Waals surface area (Å²) in [6.07, 6.45) is -41.3. The summed E-state index contributed by atoms with van der Waals surface area (Å²) in [6, 6.07) is 0. The zero-order valence-corrected chi connectivity index (χ0v) is 28.8. The van der Waals surface area contributed by atoms with Gasteiger partial charge in [0, 0.05) is 0 Å². The van der Waals surface area contributed by atoms with Crippen molar-refractivity contribution in [1.82, 2.24) is 0 Å². The molecule has 0 aromatic carbocycles. The second kappa shape index (κ2) is 17.7. The van der Waals surface area contributed by atoms with Crippen LogP contribution in [-0.4, -0.2) is 238 Å². The molecule has 23 heteroatoms. The van der Waals surface area contributed by atoms with Gasteiger partial charge in [-0.1, -0.05) is 0 Å². The molecule has 0 bridgehead atoms. The van der Waals surface area contributed by atoms with Crippen molar-refractivity contribution in [3.05, 3.63) is 0 Å². The predicted octanol–water partition coefficient (Wildman–Crippen LogP) is -8.84. The molecule has 310 valence electrons. The fraction of sp³-hybridized carbons (Fsp3) is 1.00. The molecule has 5 aliphatic rings. The van der Waals surface area contributed by atoms with Gasteiger partial charge < -0.3 is 114 Å². The van der Waals surface area contributed by atoms with Gasteiger partial charge in [-0.3, -0.25) is 0 Å². The Morgan fingerprint density at radius 1 is 0.340 bits per heavy atom. The standard InChI is InChI=1S/C30H52O23/c1-6-11(33)14(36)18(40)27(45-6)52-24-21(43)23(10(5-32)48-26(24)44)51-28-20(42)17(39)22(8(3)47-28)50-30-25(16(38)12(34)7(2)46-30)53-29-19(41)15(37)13(35)9(4-31)49-29/h6-44H,4-5H2,1-3H3/t6-,7-,8-,9+,10+,11-,12-,13+,14+,15-,16+,17-,18+,19+,20+,21-,22-,23+,24+,25+,26+,27-,28-,29-,30-/m0/s1. The summed E-state index contributed by atoms with van der Waals surface area (Å²) in [5.74, 6) is 0. The van der Waals surface area contributed by atoms with Gasteiger partial charge in [0.2, 0.25) is 0 Å². The number of aliphatic hydroxyl groups excluding tert-OH is 14. The highest BCUT2D eigenvalue weighted by molar-refractivity contribution is 4.98. The molecule has 5 saturated heterocycles. The van der Waals surface area contributed by atoms with E-state index < -0.39 is 167 Å². The zero-order chi connectivity index (χ0) is 39.2. The lowest BCUT2D eigenvalue weighted by Gasteiger charge is -2.49. The second-order valence-electron chi connectivity index (χ2n) is 13.9. The molecule has 25 atom stereocenters. The van der Waals surface area contributed by atoms with Crippen molar-refractivity contribution in [1.29, 1.82) is 0 Å². The van der Waals surface area contributed by atoms with Crippen molar-refractivity contribution in [2.45, 2.75) is 174 Å². The van der Waals surface area contributed by atoms with Gasteiger partial charge in [-0.05, 0) is 20.8 Å². The predicted molar refractivity (Wildman–Crippen MR) is 162 cm³/mol. The lowest BCUT2D eigenvalue weighted by Crippen LogP contribution is -2.67. The highest BCUT2D eigenvalue weighted by Crippen LogP contribution is 2.35. The molecule has 5 fully saturated rings. The SMILES string of the molecule is C[C@@H]1O[C@@H](O[C@@H]2[C@@H](O)[C@H](O[C@@H]3O[C@@H](C)[C@H](O[C@@H]4O[C@@H](C)[C@H](O)[C@@H](O)[C@H]4O[C@@H]4O[C@H](CO)[C@@H](O)[C@H](O)[C@H]4O)[C@@H](O)[C@H]3O)[C@@H](CO)O[C@H]2O)[C@H](O)[C@H](O)[C@H]1O. The molecule has 14 N–H and O–H groups in total. The van der Waals surface area contributed by atoms with E-state index in [9.17, 15) is 71.5 Å². The van der Waals surface area contributed by atoms with E-state index in [4.69, 9.17) is 42.6 Å². The Balaban J connectivity index is 1.27. The molecular formula is C30H52O23. The lowest BCUT2D eigenvalue weighted by molar-refractivity contribution is -0.396. The van der Waals surface area contributed by atoms with E-state index in [0.717, 1.165) is 0 Å². The summed E-state index contributed by atoms with van der Waals surface area (Å²) in [5.41, 5.74) is 0. The molecule has 0 aromatic rings. The van der Waals surface area contributed by atoms with Crippen molar-refractivity contribution >= 4 is 0 Å². The quantitative estimate of drug-likeness (QED) is 0.0978. The summed E-state index contributed by atoms with van der Waals surface area (Å²) >= 11 is 0. The van der Waals surface area contributed by atoms with Crippen LogP contribution in [0.3, 0.4) is 0 Å². The van der Waals surface area contributed by atoms with E-state index >= 15 is 0 Å². The molecule has 0 amide bonds. The summed E-state index contributed by atoms with van der Waals surface area (Å²) in [6.45, 7) is 2.49. The Hall–Kier alpha value is -0.920. The van der Waals surface area contributed by atoms with Crippen LogP contribution in [0.25, 0.3) is 0 Å². The van der Waals surface area contributed by atoms with Crippen LogP contribution in [0.1, 0.15) is 20.8 Å². The summed E-state index contributed by atoms with van der Waals surface area (Å²) in [5, 5.41) is 146. The minimum atomic E-state index is -1.98. The van der Waals surface area contributed by atoms with Crippen molar-refractivity contribution in [3.8, 4) is 0 Å². The Labute approximate surface area is 301 Å². The van der Waals surface area contributed by atoms with Crippen LogP contribution in [-0.2, 0) is 42.6 Å². The number of aliphatic hydroxyl groups is 14. The van der Waals surface area contributed by atoms with E-state index in [1.165, 1.54) is 20.8 Å². The van der Waals surface area contributed by atoms with Crippen LogP contribution in [0.5, 0.6) is 0 Å². The van der Waals surface area contributed by atoms with Gasteiger partial charge in [0.15, 0.2) is 31.5 Å². The Bertz CT molecular complexity index is 1160. The van der Waals surface area contributed by atoms with E-state index in [0.29, 0.717) is 0 Å². The van der Waals surface area contributed by atoms with Gasteiger partial charge in [-0.25, -0.2) is 0 Å². The first-order chi connectivity index (χ1) is 24.9. The highest BCUT2D eigenvalue weighted by atomic mass is 16.8. The average molecular weight is 781 g/mol. The molecule has 0 unspecified atom stereocenters. The molecule has 0 saturated carbocycles. The van der Waals surface area contributed by atoms with Crippen LogP contribution in [0.4, 0.5) is 0 Å². The van der Waals surface area contributed by atoms with Gasteiger partial charge in [0.25, 0.3) is 0 Å². The molecule has 53 heavy (non-hydrogen) atoms. The molecule has 23 nitrogen and oxygen atoms in total. The summed E-state index contributed by atoms with van der Waals surface area (Å²) in [4.78, 5) is 0. The molecular weight excluding hydrogens is 728 g/mol. The smallest absolute Gasteiger partial charge is 0.187 e. The maximum atomic E-state index is 11.2. The fourth-order valence-corrected chi connectivity index (χ4v) is 6.86. The van der Waals surface area contributed by atoms with Gasteiger partial charge in [0.1, 0.15) is 104 Å². The van der Waals surface area contributed by atoms with Crippen molar-refractivity contribution < 1.29 is 114 Å². The van der Waals surface area contributed by atoms with Gasteiger partial charge in [0.05, 0.1) is 31.5 Å². The third kappa shape index (κ3) is 8.68. The molecule has 5 aliphatic heterocycles. The molecule has 0 radical (unpaired) electrons. The van der Waals surface area contributed by atoms with Crippen LogP contribution in [0.2, 0.25) is 0 Å². The molecule has 0 aromatic heterocycles. The molecule has 5 rings (SSSR count). The highest BCUT2D eigenvalue weighted by Gasteiger charge is 2.55. The van der Waals surface area contributed by atoms with Crippen molar-refractivity contribution in [2.75, 3.05) is 13.2 Å². The molecule has 0 aliphatic carbocycles. The zero-order valence-electron chi connectivity index (χ0n) is 28.8. The molecule has 5 heterocycles. The van der Waals surface area contributed by atoms with Crippen LogP contribution < -0.4 is 0 Å². The number of ether oxygens (including phenoxy) is 9. The third-order valence-corrected chi connectivity index (χ3v) is 10.2. The van der Waals surface area contributed by atoms with Gasteiger partial charge >= 0.3 is 0 Å². The Morgan fingerprint density at radius 3 is 1.34 bits per heavy atom. The summed E-state index contributed by atoms with van der Waals surface area (Å²) < 4.78 is 50.4. The van der Waals surface area contributed by atoms with E-state index in [-0.39, 0.29) is 0 Å². The lowest BCUT2D eigenvalue weighted by atomic mass is 9.96. The fourth-order valence-electron chi connectivity index (χ4n) is 6.86. The summed E-state index contributed by atoms with van der Waals surface area (Å²) in [7, 11) is 0. The Morgan fingerprint density at radius 2 is 0.755 bits per heavy atom. The monoisotopic (exact) mass is 780 g/mol. The van der Waals surface area contributed by atoms with Crippen molar-refractivity contribution in [3.63, 3.8) is 0 Å². The van der Waals surface area contributed by atoms with E-state index in [1.807, 2.05) is 0 Å². The topological polar surface area (TPSA) is 366 Å². The third-order valence-electron chi connectivity index (χ3n) is 10.2. The van der Waals surface area contributed by atoms with E-state index in [1.54, 1.807) is 0 Å². The number of hydrogen-bond donors (Lipinski definition) is 14. The Kier molecular flexibility index (Phi) is 14.4. The van der Waals surface area contributed by atoms with Crippen LogP contribution >= 0.6 is 0 Å². The van der Waals surface area contributed by atoms with E-state index in [2.05, 4.69) is 0 Å². The van der Waals surface area contributed by atoms with Gasteiger partial charge in [-0.15, -0.1) is 0 Å². The molecule has 0 spiro atoms. The first-order valence-corrected chi connectivity index (χ1v) is 17.2. The van der Waals surface area contributed by atoms with Crippen molar-refractivity contribution in [2.24, 2.45) is 0 Å². The minimum absolute atomic E-state index is 0.790. The number of rotatable bonds is 10. The van der Waals surface area contributed by atoms with Crippen LogP contribution in [0.15, 0.2) is 0 Å². The maximum absolute atomic E-state index is 11.2. The average Bonchev–Trinajstić information content (AvgIpc) is 3.13. The maximum Gasteiger partial charge on any atom is 0.187 e.